The Kier molecular flexibility index (Phi) is 6.39. The smallest absolute Gasteiger partial charge is 0.262 e. The van der Waals surface area contributed by atoms with Crippen molar-refractivity contribution in [2.45, 2.75) is 26.8 Å². The number of rotatable bonds is 5. The van der Waals surface area contributed by atoms with Crippen LogP contribution in [-0.4, -0.2) is 10.5 Å². The number of nitrogens with zero attached hydrogens (tertiary/aromatic N) is 2. The molecule has 3 aromatic rings. The molecule has 6 heteroatoms. The molecule has 0 saturated carbocycles. The van der Waals surface area contributed by atoms with Gasteiger partial charge in [0.25, 0.3) is 5.91 Å². The average molecular weight is 422 g/mol. The predicted octanol–water partition coefficient (Wildman–Crippen LogP) is 5.67. The molecular weight excluding hydrogens is 401 g/mol. The summed E-state index contributed by atoms with van der Waals surface area (Å²) < 4.78 is 15.4. The minimum absolute atomic E-state index is 0.00942. The lowest BCUT2D eigenvalue weighted by Crippen LogP contribution is -2.27. The second-order valence-corrected chi connectivity index (χ2v) is 7.44. The number of carbonyl (C=O) groups is 1. The monoisotopic (exact) mass is 421 g/mol. The fraction of sp³-hybridized carbons (Fsp3) is 0.167. The number of aryl methyl sites for hydroxylation is 1. The normalized spacial score (nSPS) is 12.3. The van der Waals surface area contributed by atoms with Crippen LogP contribution in [0.4, 0.5) is 4.39 Å². The number of amides is 1. The average Bonchev–Trinajstić information content (AvgIpc) is 3.01. The van der Waals surface area contributed by atoms with Crippen molar-refractivity contribution in [3.63, 3.8) is 0 Å². The van der Waals surface area contributed by atoms with Gasteiger partial charge in [0.15, 0.2) is 0 Å². The summed E-state index contributed by atoms with van der Waals surface area (Å²) >= 11 is 5.93. The maximum atomic E-state index is 13.5. The summed E-state index contributed by atoms with van der Waals surface area (Å²) in [4.78, 5) is 12.6. The molecule has 30 heavy (non-hydrogen) atoms. The van der Waals surface area contributed by atoms with Gasteiger partial charge in [-0.05, 0) is 62.2 Å². The first kappa shape index (κ1) is 21.4. The molecule has 1 atom stereocenters. The summed E-state index contributed by atoms with van der Waals surface area (Å²) in [5.41, 5.74) is 4.08. The van der Waals surface area contributed by atoms with Crippen molar-refractivity contribution in [3.8, 4) is 11.8 Å². The molecular formula is C24H21ClFN3O. The summed E-state index contributed by atoms with van der Waals surface area (Å²) in [5.74, 6) is -0.928. The van der Waals surface area contributed by atoms with E-state index in [1.165, 1.54) is 6.07 Å². The molecule has 1 amide bonds. The van der Waals surface area contributed by atoms with Gasteiger partial charge in [0.05, 0.1) is 11.1 Å². The lowest BCUT2D eigenvalue weighted by atomic mass is 10.1. The largest absolute Gasteiger partial charge is 0.345 e. The molecule has 0 fully saturated rings. The first-order chi connectivity index (χ1) is 14.3. The Hall–Kier alpha value is -3.36. The molecule has 0 spiro atoms. The van der Waals surface area contributed by atoms with Crippen LogP contribution in [0, 0.1) is 31.0 Å². The van der Waals surface area contributed by atoms with Crippen LogP contribution in [-0.2, 0) is 4.79 Å². The lowest BCUT2D eigenvalue weighted by molar-refractivity contribution is -0.117. The van der Waals surface area contributed by atoms with Crippen LogP contribution >= 0.6 is 11.6 Å². The zero-order valence-corrected chi connectivity index (χ0v) is 17.7. The van der Waals surface area contributed by atoms with Crippen LogP contribution in [0.2, 0.25) is 5.02 Å². The highest BCUT2D eigenvalue weighted by Gasteiger charge is 2.16. The van der Waals surface area contributed by atoms with E-state index in [-0.39, 0.29) is 16.6 Å². The van der Waals surface area contributed by atoms with E-state index < -0.39 is 11.7 Å². The predicted molar refractivity (Wildman–Crippen MR) is 117 cm³/mol. The highest BCUT2D eigenvalue weighted by Crippen LogP contribution is 2.26. The molecule has 0 bridgehead atoms. The highest BCUT2D eigenvalue weighted by molar-refractivity contribution is 6.30. The fourth-order valence-corrected chi connectivity index (χ4v) is 3.53. The Morgan fingerprint density at radius 3 is 2.53 bits per heavy atom. The van der Waals surface area contributed by atoms with Crippen LogP contribution in [0.25, 0.3) is 11.8 Å². The molecule has 1 N–H and O–H groups in total. The van der Waals surface area contributed by atoms with Crippen LogP contribution in [0.1, 0.15) is 35.5 Å². The third-order valence-corrected chi connectivity index (χ3v) is 5.23. The highest BCUT2D eigenvalue weighted by atomic mass is 35.5. The van der Waals surface area contributed by atoms with Gasteiger partial charge in [0.2, 0.25) is 0 Å². The minimum atomic E-state index is -0.487. The van der Waals surface area contributed by atoms with Gasteiger partial charge in [-0.2, -0.15) is 5.26 Å². The van der Waals surface area contributed by atoms with Gasteiger partial charge in [-0.15, -0.1) is 0 Å². The molecule has 0 aliphatic rings. The first-order valence-electron chi connectivity index (χ1n) is 9.43. The zero-order valence-electron chi connectivity index (χ0n) is 16.9. The molecule has 1 aromatic heterocycles. The molecule has 1 heterocycles. The number of aromatic nitrogens is 1. The maximum absolute atomic E-state index is 13.5. The topological polar surface area (TPSA) is 57.8 Å². The number of hydrogen-bond donors (Lipinski definition) is 1. The molecule has 0 aliphatic carbocycles. The number of halogens is 2. The van der Waals surface area contributed by atoms with Gasteiger partial charge in [0.1, 0.15) is 17.5 Å². The molecule has 2 aromatic carbocycles. The van der Waals surface area contributed by atoms with Crippen molar-refractivity contribution in [1.29, 1.82) is 5.26 Å². The van der Waals surface area contributed by atoms with E-state index >= 15 is 0 Å². The quantitative estimate of drug-likeness (QED) is 0.426. The zero-order chi connectivity index (χ0) is 21.8. The summed E-state index contributed by atoms with van der Waals surface area (Å²) in [6.07, 6.45) is 1.57. The van der Waals surface area contributed by atoms with E-state index in [9.17, 15) is 14.4 Å². The summed E-state index contributed by atoms with van der Waals surface area (Å²) in [7, 11) is 0. The molecule has 0 saturated heterocycles. The van der Waals surface area contributed by atoms with Crippen LogP contribution in [0.5, 0.6) is 0 Å². The van der Waals surface area contributed by atoms with E-state index in [0.29, 0.717) is 5.69 Å². The molecule has 0 unspecified atom stereocenters. The standard InChI is InChI=1S/C24H21ClFN3O/c1-15-11-19(17(3)29(15)21-9-10-23(26)22(25)13-21)12-20(14-27)24(30)28-16(2)18-7-5-4-6-8-18/h4-13,16H,1-3H3,(H,28,30)/b20-12-/t16-/m0/s1. The summed E-state index contributed by atoms with van der Waals surface area (Å²) in [5, 5.41) is 12.4. The minimum Gasteiger partial charge on any atom is -0.345 e. The third-order valence-electron chi connectivity index (χ3n) is 4.94. The van der Waals surface area contributed by atoms with E-state index in [1.54, 1.807) is 18.2 Å². The third kappa shape index (κ3) is 4.45. The van der Waals surface area contributed by atoms with Gasteiger partial charge < -0.3 is 9.88 Å². The van der Waals surface area contributed by atoms with Crippen molar-refractivity contribution < 1.29 is 9.18 Å². The summed E-state index contributed by atoms with van der Waals surface area (Å²) in [6.45, 7) is 5.63. The van der Waals surface area contributed by atoms with Crippen molar-refractivity contribution in [2.75, 3.05) is 0 Å². The van der Waals surface area contributed by atoms with Gasteiger partial charge in [-0.3, -0.25) is 4.79 Å². The van der Waals surface area contributed by atoms with E-state index in [0.717, 1.165) is 22.5 Å². The molecule has 0 radical (unpaired) electrons. The molecule has 3 rings (SSSR count). The number of nitrogens with one attached hydrogen (secondary N) is 1. The van der Waals surface area contributed by atoms with E-state index in [1.807, 2.05) is 67.8 Å². The Bertz CT molecular complexity index is 1160. The Balaban J connectivity index is 1.90. The van der Waals surface area contributed by atoms with Crippen molar-refractivity contribution in [3.05, 3.63) is 93.5 Å². The number of carbonyl (C=O) groups excluding carboxylic acids is 1. The second kappa shape index (κ2) is 8.98. The van der Waals surface area contributed by atoms with Crippen molar-refractivity contribution in [2.24, 2.45) is 0 Å². The number of benzene rings is 2. The second-order valence-electron chi connectivity index (χ2n) is 7.04. The Labute approximate surface area is 180 Å². The van der Waals surface area contributed by atoms with E-state index in [4.69, 9.17) is 11.6 Å². The Morgan fingerprint density at radius 2 is 1.90 bits per heavy atom. The molecule has 4 nitrogen and oxygen atoms in total. The SMILES string of the molecule is Cc1cc(/C=C(/C#N)C(=O)N[C@@H](C)c2ccccc2)c(C)n1-c1ccc(F)c(Cl)c1. The van der Waals surface area contributed by atoms with Crippen LogP contribution in [0.15, 0.2) is 60.2 Å². The van der Waals surface area contributed by atoms with Gasteiger partial charge in [-0.1, -0.05) is 41.9 Å². The van der Waals surface area contributed by atoms with Crippen LogP contribution in [0.3, 0.4) is 0 Å². The fourth-order valence-electron chi connectivity index (χ4n) is 3.36. The summed E-state index contributed by atoms with van der Waals surface area (Å²) in [6, 6.07) is 17.7. The first-order valence-corrected chi connectivity index (χ1v) is 9.81. The molecule has 152 valence electrons. The Morgan fingerprint density at radius 1 is 1.20 bits per heavy atom. The number of hydrogen-bond acceptors (Lipinski definition) is 2. The number of nitriles is 1. The van der Waals surface area contributed by atoms with Gasteiger partial charge >= 0.3 is 0 Å². The lowest BCUT2D eigenvalue weighted by Gasteiger charge is -2.13. The van der Waals surface area contributed by atoms with Gasteiger partial charge in [-0.25, -0.2) is 4.39 Å². The van der Waals surface area contributed by atoms with Crippen molar-refractivity contribution in [1.82, 2.24) is 9.88 Å². The molecule has 0 aliphatic heterocycles. The van der Waals surface area contributed by atoms with Crippen molar-refractivity contribution >= 4 is 23.6 Å². The van der Waals surface area contributed by atoms with Gasteiger partial charge in [0, 0.05) is 17.1 Å². The van der Waals surface area contributed by atoms with E-state index in [2.05, 4.69) is 5.32 Å². The maximum Gasteiger partial charge on any atom is 0.262 e. The van der Waals surface area contributed by atoms with Crippen LogP contribution < -0.4 is 5.32 Å².